The molecule has 120 valence electrons. The van der Waals surface area contributed by atoms with Crippen LogP contribution in [0.2, 0.25) is 0 Å². The zero-order valence-corrected chi connectivity index (χ0v) is 13.5. The highest BCUT2D eigenvalue weighted by molar-refractivity contribution is 5.97. The van der Waals surface area contributed by atoms with E-state index in [4.69, 9.17) is 0 Å². The van der Waals surface area contributed by atoms with Gasteiger partial charge in [-0.05, 0) is 58.4 Å². The summed E-state index contributed by atoms with van der Waals surface area (Å²) >= 11 is 0. The van der Waals surface area contributed by atoms with E-state index in [0.717, 1.165) is 19.4 Å². The minimum atomic E-state index is -0.287. The number of carbonyl (C=O) groups is 2. The number of nitrogens with one attached hydrogen (secondary N) is 3. The monoisotopic (exact) mass is 303 g/mol. The Morgan fingerprint density at radius 3 is 2.73 bits per heavy atom. The van der Waals surface area contributed by atoms with Crippen LogP contribution < -0.4 is 16.0 Å². The number of amides is 2. The van der Waals surface area contributed by atoms with Gasteiger partial charge in [-0.2, -0.15) is 0 Å². The molecule has 1 saturated heterocycles. The van der Waals surface area contributed by atoms with Crippen LogP contribution in [0.1, 0.15) is 50.4 Å². The van der Waals surface area contributed by atoms with Crippen LogP contribution in [-0.2, 0) is 4.79 Å². The highest BCUT2D eigenvalue weighted by Gasteiger charge is 2.18. The fourth-order valence-corrected chi connectivity index (χ4v) is 2.52. The van der Waals surface area contributed by atoms with Crippen molar-refractivity contribution in [3.8, 4) is 0 Å². The average Bonchev–Trinajstić information content (AvgIpc) is 2.89. The van der Waals surface area contributed by atoms with Crippen molar-refractivity contribution in [2.75, 3.05) is 11.9 Å². The van der Waals surface area contributed by atoms with Gasteiger partial charge in [0.15, 0.2) is 0 Å². The Hall–Kier alpha value is -1.88. The van der Waals surface area contributed by atoms with E-state index in [1.54, 1.807) is 24.3 Å². The summed E-state index contributed by atoms with van der Waals surface area (Å²) in [4.78, 5) is 24.2. The molecule has 1 aliphatic heterocycles. The van der Waals surface area contributed by atoms with E-state index in [1.165, 1.54) is 0 Å². The summed E-state index contributed by atoms with van der Waals surface area (Å²) in [5, 5.41) is 9.08. The van der Waals surface area contributed by atoms with Gasteiger partial charge in [-0.15, -0.1) is 0 Å². The number of hydrogen-bond donors (Lipinski definition) is 3. The standard InChI is InChI=1S/C17H25N3O2/c1-17(2,3)20-16(22)12-6-4-7-14(10-12)19-15(21)11-13-8-5-9-18-13/h4,6-7,10,13,18H,5,8-9,11H2,1-3H3,(H,19,21)(H,20,22). The summed E-state index contributed by atoms with van der Waals surface area (Å²) in [5.74, 6) is -0.158. The first kappa shape index (κ1) is 16.5. The molecule has 2 rings (SSSR count). The summed E-state index contributed by atoms with van der Waals surface area (Å²) in [6.07, 6.45) is 2.64. The number of rotatable bonds is 4. The van der Waals surface area contributed by atoms with Crippen LogP contribution in [0.4, 0.5) is 5.69 Å². The first-order chi connectivity index (χ1) is 10.3. The zero-order valence-electron chi connectivity index (χ0n) is 13.5. The summed E-state index contributed by atoms with van der Waals surface area (Å²) in [7, 11) is 0. The fourth-order valence-electron chi connectivity index (χ4n) is 2.52. The molecule has 1 aliphatic rings. The Morgan fingerprint density at radius 2 is 2.09 bits per heavy atom. The first-order valence-corrected chi connectivity index (χ1v) is 7.79. The van der Waals surface area contributed by atoms with Gasteiger partial charge < -0.3 is 16.0 Å². The fraction of sp³-hybridized carbons (Fsp3) is 0.529. The van der Waals surface area contributed by atoms with Gasteiger partial charge in [-0.25, -0.2) is 0 Å². The van der Waals surface area contributed by atoms with E-state index >= 15 is 0 Å². The van der Waals surface area contributed by atoms with Crippen molar-refractivity contribution < 1.29 is 9.59 Å². The maximum absolute atomic E-state index is 12.1. The molecule has 0 aromatic heterocycles. The first-order valence-electron chi connectivity index (χ1n) is 7.79. The lowest BCUT2D eigenvalue weighted by Crippen LogP contribution is -2.40. The average molecular weight is 303 g/mol. The second-order valence-corrected chi connectivity index (χ2v) is 6.83. The Morgan fingerprint density at radius 1 is 1.32 bits per heavy atom. The second kappa shape index (κ2) is 6.92. The Labute approximate surface area is 131 Å². The highest BCUT2D eigenvalue weighted by Crippen LogP contribution is 2.14. The molecule has 0 aliphatic carbocycles. The van der Waals surface area contributed by atoms with E-state index in [-0.39, 0.29) is 23.4 Å². The van der Waals surface area contributed by atoms with Gasteiger partial charge in [0.1, 0.15) is 0 Å². The van der Waals surface area contributed by atoms with E-state index in [1.807, 2.05) is 20.8 Å². The SMILES string of the molecule is CC(C)(C)NC(=O)c1cccc(NC(=O)CC2CCCN2)c1. The molecule has 0 radical (unpaired) electrons. The molecule has 5 nitrogen and oxygen atoms in total. The summed E-state index contributed by atoms with van der Waals surface area (Å²) < 4.78 is 0. The Kier molecular flexibility index (Phi) is 5.19. The summed E-state index contributed by atoms with van der Waals surface area (Å²) in [6, 6.07) is 7.30. The summed E-state index contributed by atoms with van der Waals surface area (Å²) in [6.45, 7) is 6.79. The van der Waals surface area contributed by atoms with Crippen LogP contribution in [0.25, 0.3) is 0 Å². The quantitative estimate of drug-likeness (QED) is 0.799. The minimum absolute atomic E-state index is 0.0206. The maximum atomic E-state index is 12.1. The minimum Gasteiger partial charge on any atom is -0.347 e. The van der Waals surface area contributed by atoms with Crippen LogP contribution in [0.5, 0.6) is 0 Å². The maximum Gasteiger partial charge on any atom is 0.251 e. The van der Waals surface area contributed by atoms with Crippen molar-refractivity contribution in [3.05, 3.63) is 29.8 Å². The van der Waals surface area contributed by atoms with Crippen molar-refractivity contribution in [2.45, 2.75) is 51.6 Å². The van der Waals surface area contributed by atoms with Crippen LogP contribution >= 0.6 is 0 Å². The van der Waals surface area contributed by atoms with Crippen molar-refractivity contribution >= 4 is 17.5 Å². The van der Waals surface area contributed by atoms with Crippen LogP contribution in [0.3, 0.4) is 0 Å². The van der Waals surface area contributed by atoms with E-state index in [9.17, 15) is 9.59 Å². The predicted octanol–water partition coefficient (Wildman–Crippen LogP) is 2.30. The van der Waals surface area contributed by atoms with Gasteiger partial charge >= 0.3 is 0 Å². The molecule has 2 amide bonds. The van der Waals surface area contributed by atoms with Gasteiger partial charge in [-0.1, -0.05) is 6.07 Å². The molecule has 1 atom stereocenters. The summed E-state index contributed by atoms with van der Waals surface area (Å²) in [5.41, 5.74) is 0.918. The molecule has 0 spiro atoms. The smallest absolute Gasteiger partial charge is 0.251 e. The normalized spacial score (nSPS) is 18.0. The van der Waals surface area contributed by atoms with Crippen molar-refractivity contribution in [1.29, 1.82) is 0 Å². The van der Waals surface area contributed by atoms with Crippen LogP contribution in [0, 0.1) is 0 Å². The molecule has 3 N–H and O–H groups in total. The number of hydrogen-bond acceptors (Lipinski definition) is 3. The van der Waals surface area contributed by atoms with Crippen molar-refractivity contribution in [1.82, 2.24) is 10.6 Å². The van der Waals surface area contributed by atoms with E-state index in [2.05, 4.69) is 16.0 Å². The number of anilines is 1. The predicted molar refractivity (Wildman–Crippen MR) is 87.9 cm³/mol. The highest BCUT2D eigenvalue weighted by atomic mass is 16.2. The largest absolute Gasteiger partial charge is 0.347 e. The zero-order chi connectivity index (χ0) is 16.2. The van der Waals surface area contributed by atoms with E-state index in [0.29, 0.717) is 17.7 Å². The lowest BCUT2D eigenvalue weighted by molar-refractivity contribution is -0.116. The third-order valence-corrected chi connectivity index (χ3v) is 3.49. The molecule has 0 saturated carbocycles. The van der Waals surface area contributed by atoms with Crippen molar-refractivity contribution in [3.63, 3.8) is 0 Å². The van der Waals surface area contributed by atoms with Crippen molar-refractivity contribution in [2.24, 2.45) is 0 Å². The molecule has 0 bridgehead atoms. The number of carbonyl (C=O) groups excluding carboxylic acids is 2. The van der Waals surface area contributed by atoms with Gasteiger partial charge in [0, 0.05) is 29.3 Å². The van der Waals surface area contributed by atoms with Crippen LogP contribution in [0.15, 0.2) is 24.3 Å². The Balaban J connectivity index is 1.95. The van der Waals surface area contributed by atoms with Crippen LogP contribution in [-0.4, -0.2) is 29.9 Å². The molecular weight excluding hydrogens is 278 g/mol. The number of benzene rings is 1. The molecule has 1 aromatic rings. The molecule has 22 heavy (non-hydrogen) atoms. The van der Waals surface area contributed by atoms with Gasteiger partial charge in [0.25, 0.3) is 5.91 Å². The molecule has 1 heterocycles. The lowest BCUT2D eigenvalue weighted by atomic mass is 10.1. The second-order valence-electron chi connectivity index (χ2n) is 6.83. The van der Waals surface area contributed by atoms with E-state index < -0.39 is 0 Å². The molecule has 1 fully saturated rings. The topological polar surface area (TPSA) is 70.2 Å². The molecular formula is C17H25N3O2. The lowest BCUT2D eigenvalue weighted by Gasteiger charge is -2.20. The molecule has 1 unspecified atom stereocenters. The molecule has 5 heteroatoms. The third kappa shape index (κ3) is 5.15. The van der Waals surface area contributed by atoms with Gasteiger partial charge in [-0.3, -0.25) is 9.59 Å². The molecule has 1 aromatic carbocycles. The Bertz CT molecular complexity index is 543. The van der Waals surface area contributed by atoms with Gasteiger partial charge in [0.05, 0.1) is 0 Å². The van der Waals surface area contributed by atoms with Gasteiger partial charge in [0.2, 0.25) is 5.91 Å². The third-order valence-electron chi connectivity index (χ3n) is 3.49.